The lowest BCUT2D eigenvalue weighted by Crippen LogP contribution is -1.97. The molecule has 0 aliphatic rings. The first-order valence-corrected chi connectivity index (χ1v) is 8.14. The number of fused-ring (bicyclic) bond motifs is 1. The summed E-state index contributed by atoms with van der Waals surface area (Å²) in [6.45, 7) is 0. The molecule has 6 heteroatoms. The number of phenolic OH excluding ortho intramolecular Hbond substituents is 1. The number of benzene rings is 2. The number of aromatic nitrogens is 3. The van der Waals surface area contributed by atoms with Crippen LogP contribution in [0.25, 0.3) is 16.9 Å². The van der Waals surface area contributed by atoms with Crippen LogP contribution in [0.1, 0.15) is 0 Å². The Morgan fingerprint density at radius 3 is 2.50 bits per heavy atom. The Morgan fingerprint density at radius 2 is 1.75 bits per heavy atom. The number of aromatic hydroxyl groups is 1. The number of hydrogen-bond acceptors (Lipinski definition) is 4. The van der Waals surface area contributed by atoms with E-state index in [9.17, 15) is 5.11 Å². The molecular formula is C18H13BrN4O. The van der Waals surface area contributed by atoms with Crippen molar-refractivity contribution in [2.24, 2.45) is 0 Å². The molecule has 2 aromatic carbocycles. The lowest BCUT2D eigenvalue weighted by atomic mass is 10.1. The average molecular weight is 381 g/mol. The fourth-order valence-corrected chi connectivity index (χ4v) is 2.78. The van der Waals surface area contributed by atoms with Crippen LogP contribution in [0.2, 0.25) is 0 Å². The SMILES string of the molecule is Oc1ccc(-c2nc3cnccn3c2Nc2ccc(Br)cc2)cc1. The van der Waals surface area contributed by atoms with Gasteiger partial charge in [0.25, 0.3) is 0 Å². The van der Waals surface area contributed by atoms with Gasteiger partial charge in [0.05, 0.1) is 6.20 Å². The van der Waals surface area contributed by atoms with E-state index in [0.717, 1.165) is 32.9 Å². The second-order valence-electron chi connectivity index (χ2n) is 5.29. The average Bonchev–Trinajstić information content (AvgIpc) is 2.96. The Morgan fingerprint density at radius 1 is 1.00 bits per heavy atom. The van der Waals surface area contributed by atoms with Gasteiger partial charge < -0.3 is 10.4 Å². The molecule has 0 bridgehead atoms. The largest absolute Gasteiger partial charge is 0.508 e. The van der Waals surface area contributed by atoms with Gasteiger partial charge in [0.1, 0.15) is 17.3 Å². The highest BCUT2D eigenvalue weighted by atomic mass is 79.9. The van der Waals surface area contributed by atoms with Gasteiger partial charge in [0.2, 0.25) is 0 Å². The minimum atomic E-state index is 0.228. The van der Waals surface area contributed by atoms with Crippen molar-refractivity contribution in [3.05, 3.63) is 71.6 Å². The van der Waals surface area contributed by atoms with E-state index in [0.29, 0.717) is 0 Å². The van der Waals surface area contributed by atoms with Crippen LogP contribution < -0.4 is 5.32 Å². The Kier molecular flexibility index (Phi) is 3.66. The molecule has 2 heterocycles. The molecule has 0 aliphatic heterocycles. The Balaban J connectivity index is 1.86. The van der Waals surface area contributed by atoms with Crippen LogP contribution in [0.15, 0.2) is 71.6 Å². The summed E-state index contributed by atoms with van der Waals surface area (Å²) < 4.78 is 2.98. The third-order valence-corrected chi connectivity index (χ3v) is 4.21. The van der Waals surface area contributed by atoms with E-state index >= 15 is 0 Å². The van der Waals surface area contributed by atoms with E-state index in [1.165, 1.54) is 0 Å². The van der Waals surface area contributed by atoms with E-state index in [1.807, 2.05) is 47.0 Å². The molecular weight excluding hydrogens is 368 g/mol. The predicted octanol–water partition coefficient (Wildman–Crippen LogP) is 4.61. The van der Waals surface area contributed by atoms with Crippen LogP contribution in [0.5, 0.6) is 5.75 Å². The smallest absolute Gasteiger partial charge is 0.157 e. The van der Waals surface area contributed by atoms with Gasteiger partial charge >= 0.3 is 0 Å². The summed E-state index contributed by atoms with van der Waals surface area (Å²) in [5.74, 6) is 1.08. The van der Waals surface area contributed by atoms with Gasteiger partial charge in [-0.2, -0.15) is 0 Å². The van der Waals surface area contributed by atoms with Crippen molar-refractivity contribution in [2.75, 3.05) is 5.32 Å². The van der Waals surface area contributed by atoms with E-state index in [4.69, 9.17) is 0 Å². The highest BCUT2D eigenvalue weighted by Crippen LogP contribution is 2.31. The highest BCUT2D eigenvalue weighted by molar-refractivity contribution is 9.10. The normalized spacial score (nSPS) is 10.9. The van der Waals surface area contributed by atoms with Crippen LogP contribution in [0, 0.1) is 0 Å². The van der Waals surface area contributed by atoms with Gasteiger partial charge in [-0.1, -0.05) is 15.9 Å². The molecule has 4 aromatic rings. The molecule has 0 atom stereocenters. The first-order chi connectivity index (χ1) is 11.7. The van der Waals surface area contributed by atoms with E-state index in [-0.39, 0.29) is 5.75 Å². The van der Waals surface area contributed by atoms with Crippen molar-refractivity contribution in [1.29, 1.82) is 0 Å². The molecule has 5 nitrogen and oxygen atoms in total. The minimum absolute atomic E-state index is 0.228. The summed E-state index contributed by atoms with van der Waals surface area (Å²) in [6, 6.07) is 14.9. The van der Waals surface area contributed by atoms with Crippen molar-refractivity contribution >= 4 is 33.1 Å². The van der Waals surface area contributed by atoms with E-state index in [1.54, 1.807) is 24.5 Å². The molecule has 0 spiro atoms. The number of nitrogens with one attached hydrogen (secondary N) is 1. The summed E-state index contributed by atoms with van der Waals surface area (Å²) in [4.78, 5) is 8.81. The zero-order valence-corrected chi connectivity index (χ0v) is 14.1. The Labute approximate surface area is 146 Å². The quantitative estimate of drug-likeness (QED) is 0.544. The maximum Gasteiger partial charge on any atom is 0.157 e. The number of hydrogen-bond donors (Lipinski definition) is 2. The number of phenols is 1. The predicted molar refractivity (Wildman–Crippen MR) is 97.5 cm³/mol. The molecule has 2 N–H and O–H groups in total. The summed E-state index contributed by atoms with van der Waals surface area (Å²) in [5.41, 5.74) is 3.42. The maximum absolute atomic E-state index is 9.52. The lowest BCUT2D eigenvalue weighted by molar-refractivity contribution is 0.475. The minimum Gasteiger partial charge on any atom is -0.508 e. The van der Waals surface area contributed by atoms with Crippen LogP contribution in [-0.4, -0.2) is 19.5 Å². The molecule has 4 rings (SSSR count). The number of nitrogens with zero attached hydrogens (tertiary/aromatic N) is 3. The lowest BCUT2D eigenvalue weighted by Gasteiger charge is -2.09. The van der Waals surface area contributed by atoms with Crippen molar-refractivity contribution in [3.8, 4) is 17.0 Å². The Bertz CT molecular complexity index is 994. The molecule has 0 radical (unpaired) electrons. The van der Waals surface area contributed by atoms with Gasteiger partial charge in [-0.25, -0.2) is 4.98 Å². The monoisotopic (exact) mass is 380 g/mol. The molecule has 24 heavy (non-hydrogen) atoms. The molecule has 0 fully saturated rings. The molecule has 0 aliphatic carbocycles. The zero-order valence-electron chi connectivity index (χ0n) is 12.5. The summed E-state index contributed by atoms with van der Waals surface area (Å²) in [7, 11) is 0. The van der Waals surface area contributed by atoms with Gasteiger partial charge in [-0.15, -0.1) is 0 Å². The van der Waals surface area contributed by atoms with Gasteiger partial charge in [0.15, 0.2) is 5.65 Å². The number of imidazole rings is 1. The summed E-state index contributed by atoms with van der Waals surface area (Å²) in [5, 5.41) is 12.9. The van der Waals surface area contributed by atoms with Crippen LogP contribution in [-0.2, 0) is 0 Å². The van der Waals surface area contributed by atoms with Gasteiger partial charge in [0, 0.05) is 28.1 Å². The zero-order chi connectivity index (χ0) is 16.5. The van der Waals surface area contributed by atoms with Crippen molar-refractivity contribution in [3.63, 3.8) is 0 Å². The van der Waals surface area contributed by atoms with Crippen molar-refractivity contribution in [1.82, 2.24) is 14.4 Å². The number of halogens is 1. The second-order valence-corrected chi connectivity index (χ2v) is 6.21. The van der Waals surface area contributed by atoms with Crippen LogP contribution >= 0.6 is 15.9 Å². The van der Waals surface area contributed by atoms with Crippen molar-refractivity contribution < 1.29 is 5.11 Å². The molecule has 0 saturated heterocycles. The summed E-state index contributed by atoms with van der Waals surface area (Å²) in [6.07, 6.45) is 5.31. The molecule has 118 valence electrons. The molecule has 0 amide bonds. The van der Waals surface area contributed by atoms with Crippen LogP contribution in [0.4, 0.5) is 11.5 Å². The fraction of sp³-hybridized carbons (Fsp3) is 0. The van der Waals surface area contributed by atoms with Gasteiger partial charge in [-0.3, -0.25) is 9.38 Å². The first kappa shape index (κ1) is 14.7. The fourth-order valence-electron chi connectivity index (χ4n) is 2.52. The first-order valence-electron chi connectivity index (χ1n) is 7.35. The standard InChI is InChI=1S/C18H13BrN4O/c19-13-3-5-14(6-4-13)21-18-17(12-1-7-15(24)8-2-12)22-16-11-20-9-10-23(16)18/h1-11,21,24H. The number of anilines is 2. The van der Waals surface area contributed by atoms with Crippen molar-refractivity contribution in [2.45, 2.75) is 0 Å². The third kappa shape index (κ3) is 2.72. The van der Waals surface area contributed by atoms with Gasteiger partial charge in [-0.05, 0) is 48.5 Å². The second kappa shape index (κ2) is 5.98. The Hall–Kier alpha value is -2.86. The highest BCUT2D eigenvalue weighted by Gasteiger charge is 2.14. The molecule has 0 saturated carbocycles. The number of rotatable bonds is 3. The van der Waals surface area contributed by atoms with E-state index < -0.39 is 0 Å². The third-order valence-electron chi connectivity index (χ3n) is 3.68. The van der Waals surface area contributed by atoms with E-state index in [2.05, 4.69) is 31.2 Å². The topological polar surface area (TPSA) is 62.5 Å². The summed E-state index contributed by atoms with van der Waals surface area (Å²) >= 11 is 3.44. The molecule has 2 aromatic heterocycles. The molecule has 0 unspecified atom stereocenters. The van der Waals surface area contributed by atoms with Crippen LogP contribution in [0.3, 0.4) is 0 Å². The maximum atomic E-state index is 9.52.